The Labute approximate surface area is 159 Å². The largest absolute Gasteiger partial charge is 0.462 e. The summed E-state index contributed by atoms with van der Waals surface area (Å²) in [5.41, 5.74) is -0.667. The summed E-state index contributed by atoms with van der Waals surface area (Å²) in [6, 6.07) is 4.35. The van der Waals surface area contributed by atoms with Gasteiger partial charge in [0, 0.05) is 11.4 Å². The zero-order chi connectivity index (χ0) is 20.8. The molecule has 8 nitrogen and oxygen atoms in total. The van der Waals surface area contributed by atoms with Crippen molar-refractivity contribution in [2.75, 3.05) is 17.2 Å². The normalized spacial score (nSPS) is 11.4. The molecule has 0 aliphatic carbocycles. The van der Waals surface area contributed by atoms with E-state index >= 15 is 0 Å². The first kappa shape index (κ1) is 22.3. The second-order valence-electron chi connectivity index (χ2n) is 7.77. The van der Waals surface area contributed by atoms with Crippen molar-refractivity contribution in [1.29, 1.82) is 0 Å². The lowest BCUT2D eigenvalue weighted by atomic mass is 10.1. The first-order valence-electron chi connectivity index (χ1n) is 8.61. The van der Waals surface area contributed by atoms with Crippen LogP contribution in [0, 0.1) is 0 Å². The summed E-state index contributed by atoms with van der Waals surface area (Å²) in [5, 5.41) is 5.07. The maximum absolute atomic E-state index is 12.1. The van der Waals surface area contributed by atoms with Crippen LogP contribution in [-0.2, 0) is 14.2 Å². The lowest BCUT2D eigenvalue weighted by Crippen LogP contribution is -2.28. The van der Waals surface area contributed by atoms with E-state index < -0.39 is 29.4 Å². The van der Waals surface area contributed by atoms with Crippen molar-refractivity contribution in [3.05, 3.63) is 23.8 Å². The van der Waals surface area contributed by atoms with Gasteiger partial charge in [0.05, 0.1) is 12.2 Å². The third-order valence-corrected chi connectivity index (χ3v) is 2.73. The van der Waals surface area contributed by atoms with Crippen LogP contribution < -0.4 is 10.6 Å². The van der Waals surface area contributed by atoms with Crippen LogP contribution in [0.4, 0.5) is 21.0 Å². The van der Waals surface area contributed by atoms with Gasteiger partial charge in [0.2, 0.25) is 0 Å². The molecular weight excluding hydrogens is 352 g/mol. The summed E-state index contributed by atoms with van der Waals surface area (Å²) < 4.78 is 15.4. The highest BCUT2D eigenvalue weighted by Crippen LogP contribution is 2.22. The third kappa shape index (κ3) is 8.94. The molecule has 0 radical (unpaired) electrons. The molecule has 0 aromatic heterocycles. The Morgan fingerprint density at radius 2 is 1.22 bits per heavy atom. The van der Waals surface area contributed by atoms with Gasteiger partial charge < -0.3 is 14.2 Å². The second-order valence-corrected chi connectivity index (χ2v) is 7.77. The van der Waals surface area contributed by atoms with E-state index in [2.05, 4.69) is 10.6 Å². The fourth-order valence-corrected chi connectivity index (χ4v) is 1.95. The number of benzene rings is 1. The summed E-state index contributed by atoms with van der Waals surface area (Å²) in [6.45, 7) is 12.3. The number of esters is 1. The number of carbonyl (C=O) groups is 3. The quantitative estimate of drug-likeness (QED) is 0.586. The Hall–Kier alpha value is -2.77. The van der Waals surface area contributed by atoms with E-state index in [1.807, 2.05) is 0 Å². The lowest BCUT2D eigenvalue weighted by molar-refractivity contribution is 0.0523. The van der Waals surface area contributed by atoms with Gasteiger partial charge in [-0.1, -0.05) is 0 Å². The molecule has 8 heteroatoms. The zero-order valence-electron chi connectivity index (χ0n) is 16.9. The highest BCUT2D eigenvalue weighted by atomic mass is 16.6. The minimum absolute atomic E-state index is 0.163. The van der Waals surface area contributed by atoms with E-state index in [1.54, 1.807) is 48.5 Å². The molecule has 0 atom stereocenters. The van der Waals surface area contributed by atoms with Crippen molar-refractivity contribution < 1.29 is 28.6 Å². The molecule has 0 bridgehead atoms. The lowest BCUT2D eigenvalue weighted by Gasteiger charge is -2.21. The molecule has 0 fully saturated rings. The predicted molar refractivity (Wildman–Crippen MR) is 102 cm³/mol. The molecular formula is C19H28N2O6. The van der Waals surface area contributed by atoms with Crippen molar-refractivity contribution in [2.24, 2.45) is 0 Å². The van der Waals surface area contributed by atoms with Gasteiger partial charge in [-0.3, -0.25) is 10.6 Å². The Balaban J connectivity index is 3.08. The molecule has 0 saturated heterocycles. The average molecular weight is 380 g/mol. The summed E-state index contributed by atoms with van der Waals surface area (Å²) in [4.78, 5) is 36.1. The van der Waals surface area contributed by atoms with Crippen LogP contribution >= 0.6 is 0 Å². The van der Waals surface area contributed by atoms with Crippen molar-refractivity contribution in [3.63, 3.8) is 0 Å². The van der Waals surface area contributed by atoms with E-state index in [-0.39, 0.29) is 23.5 Å². The van der Waals surface area contributed by atoms with Gasteiger partial charge in [-0.05, 0) is 66.7 Å². The summed E-state index contributed by atoms with van der Waals surface area (Å²) in [6.07, 6.45) is -1.38. The molecule has 0 unspecified atom stereocenters. The van der Waals surface area contributed by atoms with Gasteiger partial charge >= 0.3 is 18.2 Å². The van der Waals surface area contributed by atoms with Gasteiger partial charge in [0.25, 0.3) is 0 Å². The monoisotopic (exact) mass is 380 g/mol. The van der Waals surface area contributed by atoms with Gasteiger partial charge in [0.15, 0.2) is 0 Å². The Bertz CT molecular complexity index is 653. The van der Waals surface area contributed by atoms with Crippen molar-refractivity contribution in [1.82, 2.24) is 0 Å². The summed E-state index contributed by atoms with van der Waals surface area (Å²) in [5.74, 6) is -0.586. The number of amides is 2. The fraction of sp³-hybridized carbons (Fsp3) is 0.526. The van der Waals surface area contributed by atoms with E-state index in [9.17, 15) is 14.4 Å². The van der Waals surface area contributed by atoms with Gasteiger partial charge in [-0.2, -0.15) is 0 Å². The van der Waals surface area contributed by atoms with Crippen LogP contribution in [0.3, 0.4) is 0 Å². The topological polar surface area (TPSA) is 103 Å². The number of carbonyl (C=O) groups excluding carboxylic acids is 3. The van der Waals surface area contributed by atoms with Crippen LogP contribution in [0.15, 0.2) is 18.2 Å². The van der Waals surface area contributed by atoms with Gasteiger partial charge in [-0.25, -0.2) is 14.4 Å². The molecule has 1 aromatic carbocycles. The molecule has 2 N–H and O–H groups in total. The molecule has 150 valence electrons. The number of anilines is 2. The third-order valence-electron chi connectivity index (χ3n) is 2.73. The summed E-state index contributed by atoms with van der Waals surface area (Å²) >= 11 is 0. The molecule has 0 aliphatic rings. The number of hydrogen-bond donors (Lipinski definition) is 2. The minimum Gasteiger partial charge on any atom is -0.462 e. The number of rotatable bonds is 4. The Kier molecular flexibility index (Phi) is 7.21. The van der Waals surface area contributed by atoms with Gasteiger partial charge in [-0.15, -0.1) is 0 Å². The number of nitrogens with one attached hydrogen (secondary N) is 2. The van der Waals surface area contributed by atoms with Crippen molar-refractivity contribution in [2.45, 2.75) is 59.7 Å². The second kappa shape index (κ2) is 8.75. The van der Waals surface area contributed by atoms with E-state index in [1.165, 1.54) is 18.2 Å². The van der Waals surface area contributed by atoms with Crippen LogP contribution in [-0.4, -0.2) is 36.0 Å². The molecule has 0 saturated carbocycles. The van der Waals surface area contributed by atoms with Crippen LogP contribution in [0.2, 0.25) is 0 Å². The molecule has 27 heavy (non-hydrogen) atoms. The number of hydrogen-bond acceptors (Lipinski definition) is 6. The summed E-state index contributed by atoms with van der Waals surface area (Å²) in [7, 11) is 0. The first-order valence-corrected chi connectivity index (χ1v) is 8.61. The molecule has 0 spiro atoms. The predicted octanol–water partition coefficient (Wildman–Crippen LogP) is 4.56. The Morgan fingerprint density at radius 3 is 1.56 bits per heavy atom. The molecule has 0 heterocycles. The van der Waals surface area contributed by atoms with Crippen LogP contribution in [0.5, 0.6) is 0 Å². The van der Waals surface area contributed by atoms with Gasteiger partial charge in [0.1, 0.15) is 11.2 Å². The zero-order valence-corrected chi connectivity index (χ0v) is 16.9. The molecule has 2 amide bonds. The van der Waals surface area contributed by atoms with Crippen LogP contribution in [0.25, 0.3) is 0 Å². The number of ether oxygens (including phenoxy) is 3. The maximum atomic E-state index is 12.1. The first-order chi connectivity index (χ1) is 12.3. The van der Waals surface area contributed by atoms with E-state index in [0.717, 1.165) is 0 Å². The van der Waals surface area contributed by atoms with Crippen molar-refractivity contribution >= 4 is 29.5 Å². The highest BCUT2D eigenvalue weighted by molar-refractivity contribution is 5.96. The smallest absolute Gasteiger partial charge is 0.412 e. The SMILES string of the molecule is CCOC(=O)c1cc(NC(=O)OC(C)(C)C)cc(NC(=O)OC(C)(C)C)c1. The standard InChI is InChI=1S/C19H28N2O6/c1-8-25-15(22)12-9-13(20-16(23)26-18(2,3)4)11-14(10-12)21-17(24)27-19(5,6)7/h9-11H,8H2,1-7H3,(H,20,23)(H,21,24). The maximum Gasteiger partial charge on any atom is 0.412 e. The Morgan fingerprint density at radius 1 is 0.815 bits per heavy atom. The fourth-order valence-electron chi connectivity index (χ4n) is 1.95. The van der Waals surface area contributed by atoms with E-state index in [4.69, 9.17) is 14.2 Å². The molecule has 1 rings (SSSR count). The minimum atomic E-state index is -0.688. The van der Waals surface area contributed by atoms with Crippen molar-refractivity contribution in [3.8, 4) is 0 Å². The molecule has 1 aromatic rings. The van der Waals surface area contributed by atoms with Crippen LogP contribution in [0.1, 0.15) is 58.8 Å². The van der Waals surface area contributed by atoms with E-state index in [0.29, 0.717) is 0 Å². The average Bonchev–Trinajstić information content (AvgIpc) is 2.42. The molecule has 0 aliphatic heterocycles. The highest BCUT2D eigenvalue weighted by Gasteiger charge is 2.19.